The van der Waals surface area contributed by atoms with Crippen LogP contribution in [0, 0.1) is 10.1 Å². The van der Waals surface area contributed by atoms with Gasteiger partial charge in [0.15, 0.2) is 11.5 Å². The molecule has 0 unspecified atom stereocenters. The third kappa shape index (κ3) is 3.39. The second-order valence-electron chi connectivity index (χ2n) is 7.28. The molecule has 3 aromatic carbocycles. The lowest BCUT2D eigenvalue weighted by atomic mass is 10.1. The Morgan fingerprint density at radius 1 is 1.06 bits per heavy atom. The van der Waals surface area contributed by atoms with Crippen molar-refractivity contribution < 1.29 is 19.2 Å². The summed E-state index contributed by atoms with van der Waals surface area (Å²) in [6, 6.07) is 17.6. The topological polar surface area (TPSA) is 109 Å². The molecule has 0 radical (unpaired) electrons. The molecule has 9 heteroatoms. The van der Waals surface area contributed by atoms with Crippen molar-refractivity contribution in [3.05, 3.63) is 76.3 Å². The molecule has 1 aromatic heterocycles. The van der Waals surface area contributed by atoms with Crippen LogP contribution in [0.2, 0.25) is 0 Å². The number of rotatable bonds is 4. The van der Waals surface area contributed by atoms with Crippen molar-refractivity contribution in [3.8, 4) is 22.9 Å². The van der Waals surface area contributed by atoms with E-state index in [2.05, 4.69) is 10.3 Å². The largest absolute Gasteiger partial charge is 0.486 e. The normalized spacial score (nSPS) is 12.5. The summed E-state index contributed by atoms with van der Waals surface area (Å²) in [5.74, 6) is 0.756. The van der Waals surface area contributed by atoms with Gasteiger partial charge in [0.2, 0.25) is 0 Å². The zero-order chi connectivity index (χ0) is 22.2. The average Bonchev–Trinajstić information content (AvgIpc) is 3.15. The van der Waals surface area contributed by atoms with E-state index in [1.54, 1.807) is 12.1 Å². The number of para-hydroxylation sites is 2. The number of hydrogen-bond donors (Lipinski definition) is 1. The third-order valence-corrected chi connectivity index (χ3v) is 5.29. The number of nitro benzene ring substituents is 1. The Morgan fingerprint density at radius 3 is 2.44 bits per heavy atom. The van der Waals surface area contributed by atoms with Crippen LogP contribution in [0.4, 0.5) is 11.4 Å². The minimum absolute atomic E-state index is 0.0984. The number of nitrogens with one attached hydrogen (secondary N) is 1. The summed E-state index contributed by atoms with van der Waals surface area (Å²) in [5.41, 5.74) is 2.86. The van der Waals surface area contributed by atoms with Gasteiger partial charge in [-0.05, 0) is 36.4 Å². The van der Waals surface area contributed by atoms with Crippen LogP contribution in [0.15, 0.2) is 60.7 Å². The molecule has 0 atom stereocenters. The fourth-order valence-corrected chi connectivity index (χ4v) is 3.72. The molecule has 2 heterocycles. The predicted molar refractivity (Wildman–Crippen MR) is 118 cm³/mol. The van der Waals surface area contributed by atoms with Gasteiger partial charge >= 0.3 is 0 Å². The minimum Gasteiger partial charge on any atom is -0.486 e. The van der Waals surface area contributed by atoms with E-state index in [0.29, 0.717) is 24.7 Å². The molecule has 1 aliphatic rings. The van der Waals surface area contributed by atoms with Crippen LogP contribution in [0.25, 0.3) is 22.4 Å². The highest BCUT2D eigenvalue weighted by Crippen LogP contribution is 2.37. The maximum atomic E-state index is 12.8. The molecule has 0 aliphatic carbocycles. The maximum Gasteiger partial charge on any atom is 0.286 e. The lowest BCUT2D eigenvalue weighted by Gasteiger charge is -2.18. The van der Waals surface area contributed by atoms with E-state index in [0.717, 1.165) is 22.4 Å². The van der Waals surface area contributed by atoms with Crippen molar-refractivity contribution in [1.82, 2.24) is 9.55 Å². The van der Waals surface area contributed by atoms with Crippen molar-refractivity contribution in [3.63, 3.8) is 0 Å². The Morgan fingerprint density at radius 2 is 1.75 bits per heavy atom. The average molecular weight is 430 g/mol. The van der Waals surface area contributed by atoms with Crippen LogP contribution in [0.5, 0.6) is 11.5 Å². The summed E-state index contributed by atoms with van der Waals surface area (Å²) in [6.45, 7) is 0.614. The van der Waals surface area contributed by atoms with E-state index in [1.165, 1.54) is 12.1 Å². The maximum absolute atomic E-state index is 12.8. The highest BCUT2D eigenvalue weighted by atomic mass is 16.6. The number of fused-ring (bicyclic) bond motifs is 2. The fraction of sp³-hybridized carbons (Fsp3) is 0.130. The van der Waals surface area contributed by atoms with Crippen molar-refractivity contribution in [2.24, 2.45) is 7.05 Å². The van der Waals surface area contributed by atoms with Gasteiger partial charge in [-0.15, -0.1) is 0 Å². The molecule has 0 saturated carbocycles. The second-order valence-corrected chi connectivity index (χ2v) is 7.28. The Balaban J connectivity index is 1.42. The number of carbonyl (C=O) groups excluding carboxylic acids is 1. The molecule has 0 spiro atoms. The number of aromatic nitrogens is 2. The molecule has 5 rings (SSSR count). The van der Waals surface area contributed by atoms with Crippen LogP contribution < -0.4 is 14.8 Å². The molecule has 1 aliphatic heterocycles. The lowest BCUT2D eigenvalue weighted by Crippen LogP contribution is -2.18. The van der Waals surface area contributed by atoms with Crippen LogP contribution >= 0.6 is 0 Å². The van der Waals surface area contributed by atoms with Crippen molar-refractivity contribution in [2.45, 2.75) is 0 Å². The van der Waals surface area contributed by atoms with Crippen molar-refractivity contribution in [2.75, 3.05) is 18.5 Å². The van der Waals surface area contributed by atoms with E-state index in [9.17, 15) is 14.9 Å². The Bertz CT molecular complexity index is 1360. The zero-order valence-corrected chi connectivity index (χ0v) is 17.1. The summed E-state index contributed by atoms with van der Waals surface area (Å²) in [5, 5.41) is 14.2. The monoisotopic (exact) mass is 430 g/mol. The minimum atomic E-state index is -0.609. The number of benzene rings is 3. The second kappa shape index (κ2) is 7.69. The van der Waals surface area contributed by atoms with Crippen molar-refractivity contribution in [1.29, 1.82) is 0 Å². The summed E-state index contributed by atoms with van der Waals surface area (Å²) in [7, 11) is 1.95. The van der Waals surface area contributed by atoms with Gasteiger partial charge < -0.3 is 19.4 Å². The van der Waals surface area contributed by atoms with Gasteiger partial charge in [-0.2, -0.15) is 0 Å². The van der Waals surface area contributed by atoms with Crippen LogP contribution in [0.1, 0.15) is 10.4 Å². The number of ether oxygens (including phenoxy) is 2. The molecule has 32 heavy (non-hydrogen) atoms. The van der Waals surface area contributed by atoms with E-state index in [4.69, 9.17) is 9.47 Å². The Labute approximate surface area is 182 Å². The fourth-order valence-electron chi connectivity index (χ4n) is 3.72. The zero-order valence-electron chi connectivity index (χ0n) is 17.1. The number of nitrogens with zero attached hydrogens (tertiary/aromatic N) is 3. The molecule has 1 amide bonds. The first kappa shape index (κ1) is 19.6. The van der Waals surface area contributed by atoms with Gasteiger partial charge in [0.25, 0.3) is 11.6 Å². The molecule has 0 fully saturated rings. The van der Waals surface area contributed by atoms with Gasteiger partial charge in [-0.25, -0.2) is 4.98 Å². The van der Waals surface area contributed by atoms with E-state index in [-0.39, 0.29) is 17.0 Å². The molecule has 4 aromatic rings. The summed E-state index contributed by atoms with van der Waals surface area (Å²) in [6.07, 6.45) is 0. The molecule has 160 valence electrons. The van der Waals surface area contributed by atoms with Crippen molar-refractivity contribution >= 4 is 28.3 Å². The molecular weight excluding hydrogens is 412 g/mol. The summed E-state index contributed by atoms with van der Waals surface area (Å²) >= 11 is 0. The molecule has 0 saturated heterocycles. The first-order valence-corrected chi connectivity index (χ1v) is 9.92. The first-order valence-electron chi connectivity index (χ1n) is 9.92. The van der Waals surface area contributed by atoms with Gasteiger partial charge in [0.05, 0.1) is 22.0 Å². The summed E-state index contributed by atoms with van der Waals surface area (Å²) in [4.78, 5) is 28.4. The molecule has 9 nitrogen and oxygen atoms in total. The first-order chi connectivity index (χ1) is 15.5. The number of imidazole rings is 1. The van der Waals surface area contributed by atoms with Gasteiger partial charge in [-0.1, -0.05) is 12.1 Å². The van der Waals surface area contributed by atoms with E-state index < -0.39 is 10.8 Å². The Kier molecular flexibility index (Phi) is 4.70. The lowest BCUT2D eigenvalue weighted by molar-refractivity contribution is -0.385. The number of aryl methyl sites for hydroxylation is 1. The smallest absolute Gasteiger partial charge is 0.286 e. The quantitative estimate of drug-likeness (QED) is 0.384. The number of carbonyl (C=O) groups is 1. The molecule has 0 bridgehead atoms. The third-order valence-electron chi connectivity index (χ3n) is 5.29. The highest BCUT2D eigenvalue weighted by molar-refractivity contribution is 6.07. The SMILES string of the molecule is Cn1c(-c2ccc(NC(=O)c3cc4c(cc3[N+](=O)[O-])OCCO4)cc2)nc2ccccc21. The predicted octanol–water partition coefficient (Wildman–Crippen LogP) is 4.17. The number of nitro groups is 1. The van der Waals surface area contributed by atoms with Gasteiger partial charge in [-0.3, -0.25) is 14.9 Å². The van der Waals surface area contributed by atoms with Gasteiger partial charge in [0, 0.05) is 24.4 Å². The van der Waals surface area contributed by atoms with E-state index in [1.807, 2.05) is 48.0 Å². The molecule has 1 N–H and O–H groups in total. The summed E-state index contributed by atoms with van der Waals surface area (Å²) < 4.78 is 12.8. The molecular formula is C23H18N4O5. The van der Waals surface area contributed by atoms with E-state index >= 15 is 0 Å². The standard InChI is InChI=1S/C23H18N4O5/c1-26-18-5-3-2-4-17(18)25-22(26)14-6-8-15(9-7-14)24-23(28)16-12-20-21(32-11-10-31-20)13-19(16)27(29)30/h2-9,12-13H,10-11H2,1H3,(H,24,28). The number of hydrogen-bond acceptors (Lipinski definition) is 6. The van der Waals surface area contributed by atoms with Gasteiger partial charge in [0.1, 0.15) is 24.6 Å². The van der Waals surface area contributed by atoms with Crippen LogP contribution in [-0.4, -0.2) is 33.6 Å². The number of amides is 1. The highest BCUT2D eigenvalue weighted by Gasteiger charge is 2.26. The number of anilines is 1. The van der Waals surface area contributed by atoms with Crippen LogP contribution in [-0.2, 0) is 7.05 Å². The van der Waals surface area contributed by atoms with Crippen LogP contribution in [0.3, 0.4) is 0 Å². The Hall–Kier alpha value is -4.40.